The van der Waals surface area contributed by atoms with Gasteiger partial charge in [0.2, 0.25) is 0 Å². The molecule has 1 unspecified atom stereocenters. The molecule has 1 N–H and O–H groups in total. The Morgan fingerprint density at radius 2 is 2.08 bits per heavy atom. The molecule has 0 aromatic rings. The first-order valence-electron chi connectivity index (χ1n) is 4.84. The lowest BCUT2D eigenvalue weighted by Gasteiger charge is -2.30. The Morgan fingerprint density at radius 3 is 2.67 bits per heavy atom. The lowest BCUT2D eigenvalue weighted by atomic mass is 10.0. The highest BCUT2D eigenvalue weighted by molar-refractivity contribution is 4.75. The zero-order chi connectivity index (χ0) is 8.23. The van der Waals surface area contributed by atoms with Crippen molar-refractivity contribution in [1.82, 2.24) is 5.32 Å². The fourth-order valence-corrected chi connectivity index (χ4v) is 1.66. The molecule has 2 heterocycles. The van der Waals surface area contributed by atoms with Gasteiger partial charge in [0.15, 0.2) is 0 Å². The van der Waals surface area contributed by atoms with E-state index in [1.165, 1.54) is 12.8 Å². The number of rotatable bonds is 3. The minimum atomic E-state index is 0.618. The molecule has 0 bridgehead atoms. The number of hydrogen-bond donors (Lipinski definition) is 1. The van der Waals surface area contributed by atoms with E-state index in [4.69, 9.17) is 9.47 Å². The maximum atomic E-state index is 5.39. The fraction of sp³-hybridized carbons (Fsp3) is 1.00. The summed E-state index contributed by atoms with van der Waals surface area (Å²) < 4.78 is 10.5. The van der Waals surface area contributed by atoms with E-state index in [9.17, 15) is 0 Å². The van der Waals surface area contributed by atoms with Crippen molar-refractivity contribution in [3.8, 4) is 0 Å². The Hall–Kier alpha value is -0.120. The van der Waals surface area contributed by atoms with Crippen LogP contribution < -0.4 is 5.32 Å². The number of hydrogen-bond acceptors (Lipinski definition) is 3. The van der Waals surface area contributed by atoms with E-state index >= 15 is 0 Å². The van der Waals surface area contributed by atoms with Gasteiger partial charge in [0.05, 0.1) is 25.9 Å². The molecule has 0 aromatic carbocycles. The molecule has 0 aliphatic carbocycles. The summed E-state index contributed by atoms with van der Waals surface area (Å²) in [5.41, 5.74) is 0. The van der Waals surface area contributed by atoms with Gasteiger partial charge in [0.25, 0.3) is 0 Å². The van der Waals surface area contributed by atoms with Gasteiger partial charge in [-0.15, -0.1) is 0 Å². The summed E-state index contributed by atoms with van der Waals surface area (Å²) in [5, 5.41) is 3.48. The third kappa shape index (κ3) is 2.19. The SMILES string of the molecule is C1COCC(CNC2COC2)C1. The van der Waals surface area contributed by atoms with Crippen molar-refractivity contribution in [2.24, 2.45) is 5.92 Å². The Labute approximate surface area is 73.4 Å². The average molecular weight is 171 g/mol. The summed E-state index contributed by atoms with van der Waals surface area (Å²) in [5.74, 6) is 0.736. The molecule has 2 aliphatic heterocycles. The van der Waals surface area contributed by atoms with Crippen LogP contribution >= 0.6 is 0 Å². The molecule has 0 amide bonds. The second-order valence-corrected chi connectivity index (χ2v) is 3.73. The predicted octanol–water partition coefficient (Wildman–Crippen LogP) is 0.401. The Bertz CT molecular complexity index is 130. The van der Waals surface area contributed by atoms with Gasteiger partial charge in [-0.25, -0.2) is 0 Å². The average Bonchev–Trinajstić information content (AvgIpc) is 2.04. The number of ether oxygens (including phenoxy) is 2. The van der Waals surface area contributed by atoms with E-state index in [1.54, 1.807) is 0 Å². The minimum absolute atomic E-state index is 0.618. The second kappa shape index (κ2) is 4.21. The molecule has 2 saturated heterocycles. The smallest absolute Gasteiger partial charge is 0.0643 e. The van der Waals surface area contributed by atoms with Gasteiger partial charge in [0.1, 0.15) is 0 Å². The maximum absolute atomic E-state index is 5.39. The summed E-state index contributed by atoms with van der Waals surface area (Å²) in [7, 11) is 0. The van der Waals surface area contributed by atoms with Crippen molar-refractivity contribution < 1.29 is 9.47 Å². The first kappa shape index (κ1) is 8.48. The maximum Gasteiger partial charge on any atom is 0.0643 e. The zero-order valence-electron chi connectivity index (χ0n) is 7.42. The number of nitrogens with one attached hydrogen (secondary N) is 1. The summed E-state index contributed by atoms with van der Waals surface area (Å²) in [4.78, 5) is 0. The van der Waals surface area contributed by atoms with Crippen LogP contribution in [0.25, 0.3) is 0 Å². The van der Waals surface area contributed by atoms with E-state index in [0.29, 0.717) is 6.04 Å². The first-order valence-corrected chi connectivity index (χ1v) is 4.84. The molecule has 3 heteroatoms. The standard InChI is InChI=1S/C9H17NO2/c1-2-8(5-11-3-1)4-10-9-6-12-7-9/h8-10H,1-7H2. The topological polar surface area (TPSA) is 30.5 Å². The molecule has 0 radical (unpaired) electrons. The van der Waals surface area contributed by atoms with Crippen molar-refractivity contribution in [1.29, 1.82) is 0 Å². The van der Waals surface area contributed by atoms with Crippen molar-refractivity contribution in [2.75, 3.05) is 33.0 Å². The highest BCUT2D eigenvalue weighted by Gasteiger charge is 2.20. The molecule has 0 spiro atoms. The summed E-state index contributed by atoms with van der Waals surface area (Å²) in [6, 6.07) is 0.618. The molecule has 2 aliphatic rings. The van der Waals surface area contributed by atoms with Crippen LogP contribution in [0.2, 0.25) is 0 Å². The van der Waals surface area contributed by atoms with E-state index in [0.717, 1.165) is 38.9 Å². The van der Waals surface area contributed by atoms with Gasteiger partial charge in [-0.2, -0.15) is 0 Å². The molecule has 0 saturated carbocycles. The van der Waals surface area contributed by atoms with E-state index in [2.05, 4.69) is 5.32 Å². The minimum Gasteiger partial charge on any atom is -0.381 e. The largest absolute Gasteiger partial charge is 0.381 e. The van der Waals surface area contributed by atoms with Crippen molar-refractivity contribution >= 4 is 0 Å². The molecule has 2 fully saturated rings. The molecule has 2 rings (SSSR count). The van der Waals surface area contributed by atoms with Crippen LogP contribution in [0, 0.1) is 5.92 Å². The Balaban J connectivity index is 1.58. The summed E-state index contributed by atoms with van der Waals surface area (Å²) >= 11 is 0. The molecule has 12 heavy (non-hydrogen) atoms. The molecule has 70 valence electrons. The predicted molar refractivity (Wildman–Crippen MR) is 46.2 cm³/mol. The van der Waals surface area contributed by atoms with Crippen molar-refractivity contribution in [3.63, 3.8) is 0 Å². The highest BCUT2D eigenvalue weighted by atomic mass is 16.5. The third-order valence-corrected chi connectivity index (χ3v) is 2.59. The van der Waals surface area contributed by atoms with Crippen LogP contribution in [-0.4, -0.2) is 39.0 Å². The fourth-order valence-electron chi connectivity index (χ4n) is 1.66. The van der Waals surface area contributed by atoms with Crippen LogP contribution in [0.1, 0.15) is 12.8 Å². The Kier molecular flexibility index (Phi) is 2.98. The lowest BCUT2D eigenvalue weighted by molar-refractivity contribution is -0.0119. The van der Waals surface area contributed by atoms with Crippen LogP contribution in [0.3, 0.4) is 0 Å². The molecular weight excluding hydrogens is 154 g/mol. The van der Waals surface area contributed by atoms with Gasteiger partial charge in [0, 0.05) is 13.2 Å². The zero-order valence-corrected chi connectivity index (χ0v) is 7.42. The van der Waals surface area contributed by atoms with Crippen LogP contribution in [0.5, 0.6) is 0 Å². The summed E-state index contributed by atoms with van der Waals surface area (Å²) in [6.07, 6.45) is 2.55. The molecular formula is C9H17NO2. The van der Waals surface area contributed by atoms with Crippen molar-refractivity contribution in [3.05, 3.63) is 0 Å². The quantitative estimate of drug-likeness (QED) is 0.667. The van der Waals surface area contributed by atoms with Gasteiger partial charge >= 0.3 is 0 Å². The van der Waals surface area contributed by atoms with Crippen LogP contribution in [-0.2, 0) is 9.47 Å². The van der Waals surface area contributed by atoms with Crippen molar-refractivity contribution in [2.45, 2.75) is 18.9 Å². The van der Waals surface area contributed by atoms with Gasteiger partial charge in [-0.3, -0.25) is 0 Å². The lowest BCUT2D eigenvalue weighted by Crippen LogP contribution is -2.48. The van der Waals surface area contributed by atoms with Gasteiger partial charge < -0.3 is 14.8 Å². The van der Waals surface area contributed by atoms with Gasteiger partial charge in [-0.1, -0.05) is 0 Å². The molecule has 0 aromatic heterocycles. The second-order valence-electron chi connectivity index (χ2n) is 3.73. The van der Waals surface area contributed by atoms with E-state index in [-0.39, 0.29) is 0 Å². The van der Waals surface area contributed by atoms with Crippen LogP contribution in [0.15, 0.2) is 0 Å². The normalized spacial score (nSPS) is 31.5. The molecule has 1 atom stereocenters. The highest BCUT2D eigenvalue weighted by Crippen LogP contribution is 2.13. The summed E-state index contributed by atoms with van der Waals surface area (Å²) in [6.45, 7) is 4.80. The van der Waals surface area contributed by atoms with Crippen LogP contribution in [0.4, 0.5) is 0 Å². The van der Waals surface area contributed by atoms with E-state index < -0.39 is 0 Å². The Morgan fingerprint density at radius 1 is 1.17 bits per heavy atom. The third-order valence-electron chi connectivity index (χ3n) is 2.59. The van der Waals surface area contributed by atoms with E-state index in [1.807, 2.05) is 0 Å². The van der Waals surface area contributed by atoms with Gasteiger partial charge in [-0.05, 0) is 18.8 Å². The first-order chi connectivity index (χ1) is 5.95. The monoisotopic (exact) mass is 171 g/mol. The molecule has 3 nitrogen and oxygen atoms in total.